The molecule has 3 nitrogen and oxygen atoms in total. The van der Waals surface area contributed by atoms with Gasteiger partial charge in [-0.15, -0.1) is 12.4 Å². The van der Waals surface area contributed by atoms with Crippen LogP contribution < -0.4 is 15.2 Å². The Kier molecular flexibility index (Phi) is 6.63. The first-order valence-corrected chi connectivity index (χ1v) is 7.22. The SMILES string of the molecule is CCc1cc(OC)c(OCC2CC2)cc1CC(C)N.Cl. The van der Waals surface area contributed by atoms with Crippen LogP contribution in [0.25, 0.3) is 0 Å². The van der Waals surface area contributed by atoms with E-state index < -0.39 is 0 Å². The van der Waals surface area contributed by atoms with Crippen LogP contribution in [0.4, 0.5) is 0 Å². The molecule has 2 rings (SSSR count). The van der Waals surface area contributed by atoms with Gasteiger partial charge in [-0.1, -0.05) is 6.92 Å². The Hall–Kier alpha value is -0.930. The van der Waals surface area contributed by atoms with Gasteiger partial charge in [0.05, 0.1) is 13.7 Å². The second-order valence-corrected chi connectivity index (χ2v) is 5.56. The largest absolute Gasteiger partial charge is 0.493 e. The van der Waals surface area contributed by atoms with Crippen LogP contribution >= 0.6 is 12.4 Å². The van der Waals surface area contributed by atoms with Crippen LogP contribution in [0, 0.1) is 5.92 Å². The van der Waals surface area contributed by atoms with Crippen LogP contribution in [0.1, 0.15) is 37.8 Å². The number of hydrogen-bond acceptors (Lipinski definition) is 3. The highest BCUT2D eigenvalue weighted by atomic mass is 35.5. The lowest BCUT2D eigenvalue weighted by Crippen LogP contribution is -2.19. The molecule has 1 aliphatic rings. The molecule has 0 bridgehead atoms. The minimum atomic E-state index is 0. The van der Waals surface area contributed by atoms with Gasteiger partial charge in [0.15, 0.2) is 11.5 Å². The second-order valence-electron chi connectivity index (χ2n) is 5.56. The zero-order chi connectivity index (χ0) is 13.8. The molecule has 4 heteroatoms. The van der Waals surface area contributed by atoms with E-state index in [1.54, 1.807) is 7.11 Å². The van der Waals surface area contributed by atoms with Crippen LogP contribution in [-0.4, -0.2) is 19.8 Å². The lowest BCUT2D eigenvalue weighted by Gasteiger charge is -2.16. The summed E-state index contributed by atoms with van der Waals surface area (Å²) < 4.78 is 11.4. The van der Waals surface area contributed by atoms with E-state index in [0.717, 1.165) is 36.9 Å². The van der Waals surface area contributed by atoms with Crippen molar-refractivity contribution in [1.82, 2.24) is 0 Å². The fraction of sp³-hybridized carbons (Fsp3) is 0.625. The van der Waals surface area contributed by atoms with Crippen molar-refractivity contribution in [2.45, 2.75) is 45.6 Å². The average Bonchev–Trinajstić information content (AvgIpc) is 3.19. The van der Waals surface area contributed by atoms with Crippen LogP contribution in [0.5, 0.6) is 11.5 Å². The Labute approximate surface area is 128 Å². The molecule has 1 unspecified atom stereocenters. The maximum absolute atomic E-state index is 5.93. The van der Waals surface area contributed by atoms with Gasteiger partial charge >= 0.3 is 0 Å². The van der Waals surface area contributed by atoms with E-state index in [-0.39, 0.29) is 18.4 Å². The Balaban J connectivity index is 0.00000200. The highest BCUT2D eigenvalue weighted by molar-refractivity contribution is 5.85. The van der Waals surface area contributed by atoms with E-state index in [2.05, 4.69) is 19.1 Å². The van der Waals surface area contributed by atoms with Crippen molar-refractivity contribution in [2.24, 2.45) is 11.7 Å². The maximum Gasteiger partial charge on any atom is 0.161 e. The number of hydrogen-bond donors (Lipinski definition) is 1. The van der Waals surface area contributed by atoms with Gasteiger partial charge in [-0.25, -0.2) is 0 Å². The molecule has 1 atom stereocenters. The van der Waals surface area contributed by atoms with Crippen LogP contribution in [0.2, 0.25) is 0 Å². The molecule has 1 saturated carbocycles. The molecular weight excluding hydrogens is 274 g/mol. The van der Waals surface area contributed by atoms with E-state index >= 15 is 0 Å². The molecule has 1 aromatic rings. The lowest BCUT2D eigenvalue weighted by atomic mass is 9.98. The Bertz CT molecular complexity index is 431. The fourth-order valence-electron chi connectivity index (χ4n) is 2.27. The summed E-state index contributed by atoms with van der Waals surface area (Å²) >= 11 is 0. The fourth-order valence-corrected chi connectivity index (χ4v) is 2.27. The standard InChI is InChI=1S/C16H25NO2.ClH/c1-4-13-8-15(18-3)16(19-10-12-5-6-12)9-14(13)7-11(2)17;/h8-9,11-12H,4-7,10,17H2,1-3H3;1H. The molecule has 20 heavy (non-hydrogen) atoms. The Morgan fingerprint density at radius 3 is 2.40 bits per heavy atom. The molecular formula is C16H26ClNO2. The summed E-state index contributed by atoms with van der Waals surface area (Å²) in [6, 6.07) is 4.37. The summed E-state index contributed by atoms with van der Waals surface area (Å²) in [5, 5.41) is 0. The van der Waals surface area contributed by atoms with Crippen molar-refractivity contribution in [1.29, 1.82) is 0 Å². The molecule has 1 aliphatic carbocycles. The number of aryl methyl sites for hydroxylation is 1. The molecule has 0 aliphatic heterocycles. The van der Waals surface area contributed by atoms with Crippen molar-refractivity contribution >= 4 is 12.4 Å². The lowest BCUT2D eigenvalue weighted by molar-refractivity contribution is 0.280. The van der Waals surface area contributed by atoms with Crippen molar-refractivity contribution in [2.75, 3.05) is 13.7 Å². The van der Waals surface area contributed by atoms with Crippen LogP contribution in [-0.2, 0) is 12.8 Å². The van der Waals surface area contributed by atoms with Crippen molar-refractivity contribution in [3.05, 3.63) is 23.3 Å². The average molecular weight is 300 g/mol. The first-order chi connectivity index (χ1) is 9.13. The van der Waals surface area contributed by atoms with Crippen LogP contribution in [0.15, 0.2) is 12.1 Å². The minimum absolute atomic E-state index is 0. The minimum Gasteiger partial charge on any atom is -0.493 e. The summed E-state index contributed by atoms with van der Waals surface area (Å²) in [6.07, 6.45) is 4.46. The highest BCUT2D eigenvalue weighted by Crippen LogP contribution is 2.35. The Morgan fingerprint density at radius 2 is 1.90 bits per heavy atom. The number of methoxy groups -OCH3 is 1. The van der Waals surface area contributed by atoms with E-state index in [0.29, 0.717) is 0 Å². The molecule has 1 aromatic carbocycles. The summed E-state index contributed by atoms with van der Waals surface area (Å²) in [5.41, 5.74) is 8.51. The molecule has 0 spiro atoms. The molecule has 114 valence electrons. The zero-order valence-corrected chi connectivity index (χ0v) is 13.5. The number of halogens is 1. The molecule has 0 saturated heterocycles. The molecule has 0 amide bonds. The maximum atomic E-state index is 5.93. The van der Waals surface area contributed by atoms with Gasteiger partial charge in [0.25, 0.3) is 0 Å². The van der Waals surface area contributed by atoms with E-state index in [4.69, 9.17) is 15.2 Å². The van der Waals surface area contributed by atoms with Gasteiger partial charge in [0.1, 0.15) is 0 Å². The first-order valence-electron chi connectivity index (χ1n) is 7.22. The predicted octanol–water partition coefficient (Wildman–Crippen LogP) is 3.36. The highest BCUT2D eigenvalue weighted by Gasteiger charge is 2.23. The van der Waals surface area contributed by atoms with Crippen LogP contribution in [0.3, 0.4) is 0 Å². The van der Waals surface area contributed by atoms with Crippen molar-refractivity contribution < 1.29 is 9.47 Å². The monoisotopic (exact) mass is 299 g/mol. The summed E-state index contributed by atoms with van der Waals surface area (Å²) in [6.45, 7) is 5.00. The normalized spacial score (nSPS) is 15.4. The summed E-state index contributed by atoms with van der Waals surface area (Å²) in [7, 11) is 1.70. The quantitative estimate of drug-likeness (QED) is 0.839. The third kappa shape index (κ3) is 4.57. The summed E-state index contributed by atoms with van der Waals surface area (Å²) in [4.78, 5) is 0. The second kappa shape index (κ2) is 7.75. The predicted molar refractivity (Wildman–Crippen MR) is 85.2 cm³/mol. The topological polar surface area (TPSA) is 44.5 Å². The van der Waals surface area contributed by atoms with Gasteiger partial charge in [0, 0.05) is 6.04 Å². The summed E-state index contributed by atoms with van der Waals surface area (Å²) in [5.74, 6) is 2.45. The Morgan fingerprint density at radius 1 is 1.25 bits per heavy atom. The van der Waals surface area contributed by atoms with E-state index in [9.17, 15) is 0 Å². The van der Waals surface area contributed by atoms with Gasteiger partial charge < -0.3 is 15.2 Å². The third-order valence-corrected chi connectivity index (χ3v) is 3.58. The third-order valence-electron chi connectivity index (χ3n) is 3.58. The van der Waals surface area contributed by atoms with E-state index in [1.807, 2.05) is 6.92 Å². The van der Waals surface area contributed by atoms with Crippen molar-refractivity contribution in [3.8, 4) is 11.5 Å². The van der Waals surface area contributed by atoms with Gasteiger partial charge in [-0.3, -0.25) is 0 Å². The molecule has 0 radical (unpaired) electrons. The van der Waals surface area contributed by atoms with Gasteiger partial charge in [-0.2, -0.15) is 0 Å². The number of ether oxygens (including phenoxy) is 2. The van der Waals surface area contributed by atoms with Crippen molar-refractivity contribution in [3.63, 3.8) is 0 Å². The first kappa shape index (κ1) is 17.1. The van der Waals surface area contributed by atoms with Gasteiger partial charge in [0.2, 0.25) is 0 Å². The number of nitrogens with two attached hydrogens (primary N) is 1. The molecule has 2 N–H and O–H groups in total. The molecule has 1 fully saturated rings. The van der Waals surface area contributed by atoms with Gasteiger partial charge in [-0.05, 0) is 61.8 Å². The molecule has 0 heterocycles. The smallest absolute Gasteiger partial charge is 0.161 e. The number of rotatable bonds is 7. The van der Waals surface area contributed by atoms with E-state index in [1.165, 1.54) is 24.0 Å². The molecule has 0 aromatic heterocycles. The number of benzene rings is 1. The zero-order valence-electron chi connectivity index (χ0n) is 12.6.